The molecule has 0 spiro atoms. The Morgan fingerprint density at radius 3 is 2.24 bits per heavy atom. The lowest BCUT2D eigenvalue weighted by atomic mass is 10.2. The molecule has 0 bridgehead atoms. The highest BCUT2D eigenvalue weighted by Crippen LogP contribution is 2.27. The van der Waals surface area contributed by atoms with Gasteiger partial charge in [0.15, 0.2) is 18.1 Å². The minimum Gasteiger partial charge on any atom is -0.493 e. The van der Waals surface area contributed by atoms with Crippen molar-refractivity contribution in [3.8, 4) is 11.5 Å². The van der Waals surface area contributed by atoms with Crippen LogP contribution in [0.25, 0.3) is 6.08 Å². The molecule has 0 aliphatic rings. The van der Waals surface area contributed by atoms with Crippen molar-refractivity contribution in [2.75, 3.05) is 33.3 Å². The van der Waals surface area contributed by atoms with Crippen LogP contribution in [0.1, 0.15) is 15.9 Å². The summed E-state index contributed by atoms with van der Waals surface area (Å²) in [5, 5.41) is 2.56. The van der Waals surface area contributed by atoms with Crippen molar-refractivity contribution in [1.82, 2.24) is 0 Å². The minimum absolute atomic E-state index is 0.359. The summed E-state index contributed by atoms with van der Waals surface area (Å²) in [4.78, 5) is 35.1. The first-order chi connectivity index (χ1) is 14.0. The van der Waals surface area contributed by atoms with Crippen molar-refractivity contribution in [3.05, 3.63) is 59.7 Å². The van der Waals surface area contributed by atoms with Crippen LogP contribution >= 0.6 is 0 Å². The number of ether oxygens (including phenoxy) is 4. The number of nitrogens with one attached hydrogen (secondary N) is 1. The molecule has 0 atom stereocenters. The molecule has 29 heavy (non-hydrogen) atoms. The molecule has 0 unspecified atom stereocenters. The smallest absolute Gasteiger partial charge is 0.337 e. The molecule has 1 amide bonds. The van der Waals surface area contributed by atoms with Gasteiger partial charge in [-0.3, -0.25) is 4.79 Å². The number of esters is 2. The summed E-state index contributed by atoms with van der Waals surface area (Å²) in [6.07, 6.45) is 2.74. The number of carbonyl (C=O) groups is 3. The minimum atomic E-state index is -0.670. The number of hydrogen-bond acceptors (Lipinski definition) is 7. The van der Waals surface area contributed by atoms with E-state index in [0.717, 1.165) is 0 Å². The van der Waals surface area contributed by atoms with Crippen molar-refractivity contribution < 1.29 is 33.3 Å². The number of methoxy groups -OCH3 is 3. The lowest BCUT2D eigenvalue weighted by molar-refractivity contribution is -0.142. The Kier molecular flexibility index (Phi) is 7.78. The molecule has 0 saturated carbocycles. The van der Waals surface area contributed by atoms with Crippen molar-refractivity contribution in [1.29, 1.82) is 0 Å². The summed E-state index contributed by atoms with van der Waals surface area (Å²) in [5.41, 5.74) is 1.52. The van der Waals surface area contributed by atoms with Gasteiger partial charge in [0.2, 0.25) is 0 Å². The summed E-state index contributed by atoms with van der Waals surface area (Å²) in [5.74, 6) is -0.554. The van der Waals surface area contributed by atoms with Gasteiger partial charge in [0, 0.05) is 11.8 Å². The quantitative estimate of drug-likeness (QED) is 0.538. The Balaban J connectivity index is 1.84. The van der Waals surface area contributed by atoms with Crippen molar-refractivity contribution in [2.45, 2.75) is 0 Å². The molecule has 2 aromatic rings. The largest absolute Gasteiger partial charge is 0.493 e. The molecular formula is C21H21NO7. The van der Waals surface area contributed by atoms with Gasteiger partial charge in [0.1, 0.15) is 0 Å². The first-order valence-electron chi connectivity index (χ1n) is 8.52. The number of rotatable bonds is 8. The highest BCUT2D eigenvalue weighted by molar-refractivity contribution is 5.95. The SMILES string of the molecule is COC(=O)c1ccc(NC(=O)COC(=O)C=Cc2ccc(OC)c(OC)c2)cc1. The van der Waals surface area contributed by atoms with E-state index >= 15 is 0 Å². The summed E-state index contributed by atoms with van der Waals surface area (Å²) < 4.78 is 19.8. The molecule has 0 saturated heterocycles. The number of amides is 1. The van der Waals surface area contributed by atoms with Crippen LogP contribution in [0.2, 0.25) is 0 Å². The van der Waals surface area contributed by atoms with Crippen molar-refractivity contribution in [2.24, 2.45) is 0 Å². The van der Waals surface area contributed by atoms with Crippen LogP contribution in [-0.2, 0) is 19.1 Å². The highest BCUT2D eigenvalue weighted by Gasteiger charge is 2.08. The maximum absolute atomic E-state index is 11.9. The van der Waals surface area contributed by atoms with E-state index in [2.05, 4.69) is 10.1 Å². The zero-order valence-corrected chi connectivity index (χ0v) is 16.3. The molecule has 1 N–H and O–H groups in total. The maximum Gasteiger partial charge on any atom is 0.337 e. The zero-order valence-electron chi connectivity index (χ0n) is 16.3. The van der Waals surface area contributed by atoms with Crippen LogP contribution in [0, 0.1) is 0 Å². The standard InChI is InChI=1S/C21H21NO7/c1-26-17-10-4-14(12-18(17)27-2)5-11-20(24)29-13-19(23)22-16-8-6-15(7-9-16)21(25)28-3/h4-12H,13H2,1-3H3,(H,22,23). The van der Waals surface area contributed by atoms with Crippen molar-refractivity contribution >= 4 is 29.6 Å². The molecule has 0 radical (unpaired) electrons. The second kappa shape index (κ2) is 10.5. The molecule has 2 rings (SSSR count). The summed E-state index contributed by atoms with van der Waals surface area (Å²) >= 11 is 0. The van der Waals surface area contributed by atoms with E-state index in [-0.39, 0.29) is 0 Å². The molecule has 0 aliphatic heterocycles. The Labute approximate surface area is 168 Å². The topological polar surface area (TPSA) is 100 Å². The van der Waals surface area contributed by atoms with E-state index in [9.17, 15) is 14.4 Å². The third-order valence-electron chi connectivity index (χ3n) is 3.75. The second-order valence-electron chi connectivity index (χ2n) is 5.67. The average Bonchev–Trinajstić information content (AvgIpc) is 2.75. The van der Waals surface area contributed by atoms with Gasteiger partial charge in [0.05, 0.1) is 26.9 Å². The molecule has 0 fully saturated rings. The Morgan fingerprint density at radius 2 is 1.62 bits per heavy atom. The molecule has 2 aromatic carbocycles. The number of hydrogen-bond donors (Lipinski definition) is 1. The molecule has 0 aliphatic carbocycles. The first-order valence-corrected chi connectivity index (χ1v) is 8.52. The van der Waals surface area contributed by atoms with E-state index in [0.29, 0.717) is 28.3 Å². The fourth-order valence-electron chi connectivity index (χ4n) is 2.31. The maximum atomic E-state index is 11.9. The fourth-order valence-corrected chi connectivity index (χ4v) is 2.31. The lowest BCUT2D eigenvalue weighted by Crippen LogP contribution is -2.20. The fraction of sp³-hybridized carbons (Fsp3) is 0.190. The number of carbonyl (C=O) groups excluding carboxylic acids is 3. The van der Waals surface area contributed by atoms with Gasteiger partial charge >= 0.3 is 11.9 Å². The lowest BCUT2D eigenvalue weighted by Gasteiger charge is -2.07. The molecule has 0 heterocycles. The van der Waals surface area contributed by atoms with E-state index in [1.165, 1.54) is 45.6 Å². The predicted molar refractivity (Wildman–Crippen MR) is 106 cm³/mol. The first kappa shape index (κ1) is 21.5. The Morgan fingerprint density at radius 1 is 0.931 bits per heavy atom. The molecule has 8 heteroatoms. The van der Waals surface area contributed by atoms with Gasteiger partial charge in [-0.15, -0.1) is 0 Å². The third kappa shape index (κ3) is 6.39. The van der Waals surface area contributed by atoms with Gasteiger partial charge in [-0.1, -0.05) is 6.07 Å². The van der Waals surface area contributed by atoms with Crippen LogP contribution in [0.5, 0.6) is 11.5 Å². The average molecular weight is 399 g/mol. The Hall–Kier alpha value is -3.81. The summed E-state index contributed by atoms with van der Waals surface area (Å²) in [7, 11) is 4.33. The van der Waals surface area contributed by atoms with Gasteiger partial charge in [-0.2, -0.15) is 0 Å². The number of benzene rings is 2. The highest BCUT2D eigenvalue weighted by atomic mass is 16.5. The van der Waals surface area contributed by atoms with Crippen molar-refractivity contribution in [3.63, 3.8) is 0 Å². The summed E-state index contributed by atoms with van der Waals surface area (Å²) in [6.45, 7) is -0.451. The van der Waals surface area contributed by atoms with E-state index < -0.39 is 24.5 Å². The Bertz CT molecular complexity index is 904. The molecule has 8 nitrogen and oxygen atoms in total. The monoisotopic (exact) mass is 399 g/mol. The van der Waals surface area contributed by atoms with Gasteiger partial charge in [-0.25, -0.2) is 9.59 Å². The second-order valence-corrected chi connectivity index (χ2v) is 5.67. The van der Waals surface area contributed by atoms with Gasteiger partial charge in [-0.05, 0) is 48.0 Å². The molecular weight excluding hydrogens is 378 g/mol. The normalized spacial score (nSPS) is 10.3. The zero-order chi connectivity index (χ0) is 21.2. The van der Waals surface area contributed by atoms with Crippen LogP contribution in [0.4, 0.5) is 5.69 Å². The van der Waals surface area contributed by atoms with Gasteiger partial charge in [0.25, 0.3) is 5.91 Å². The van der Waals surface area contributed by atoms with Crippen LogP contribution in [0.15, 0.2) is 48.5 Å². The van der Waals surface area contributed by atoms with E-state index in [4.69, 9.17) is 14.2 Å². The van der Waals surface area contributed by atoms with E-state index in [1.807, 2.05) is 0 Å². The number of anilines is 1. The summed E-state index contributed by atoms with van der Waals surface area (Å²) in [6, 6.07) is 11.3. The third-order valence-corrected chi connectivity index (χ3v) is 3.75. The van der Waals surface area contributed by atoms with Gasteiger partial charge < -0.3 is 24.3 Å². The molecule has 0 aromatic heterocycles. The van der Waals surface area contributed by atoms with Crippen LogP contribution < -0.4 is 14.8 Å². The van der Waals surface area contributed by atoms with E-state index in [1.54, 1.807) is 30.3 Å². The molecule has 152 valence electrons. The van der Waals surface area contributed by atoms with Crippen LogP contribution in [0.3, 0.4) is 0 Å². The predicted octanol–water partition coefficient (Wildman–Crippen LogP) is 2.69. The van der Waals surface area contributed by atoms with Crippen LogP contribution in [-0.4, -0.2) is 45.8 Å².